The zero-order chi connectivity index (χ0) is 13.8. The lowest BCUT2D eigenvalue weighted by Crippen LogP contribution is -2.45. The minimum atomic E-state index is 0.0119. The summed E-state index contributed by atoms with van der Waals surface area (Å²) in [5.41, 5.74) is 0.656. The van der Waals surface area contributed by atoms with E-state index in [1.54, 1.807) is 18.5 Å². The Hall–Kier alpha value is -1.38. The Balaban J connectivity index is 2.04. The molecule has 2 rings (SSSR count). The molecule has 1 aliphatic rings. The Morgan fingerprint density at radius 3 is 2.84 bits per heavy atom. The van der Waals surface area contributed by atoms with E-state index >= 15 is 0 Å². The van der Waals surface area contributed by atoms with E-state index in [-0.39, 0.29) is 5.91 Å². The van der Waals surface area contributed by atoms with Crippen LogP contribution in [-0.4, -0.2) is 16.9 Å². The number of nitrogens with zero attached hydrogens (tertiary/aromatic N) is 1. The van der Waals surface area contributed by atoms with Crippen LogP contribution in [0.25, 0.3) is 0 Å². The fraction of sp³-hybridized carbons (Fsp3) is 0.625. The normalized spacial score (nSPS) is 27.3. The Kier molecular flexibility index (Phi) is 4.56. The van der Waals surface area contributed by atoms with Crippen molar-refractivity contribution >= 4 is 5.91 Å². The van der Waals surface area contributed by atoms with Crippen molar-refractivity contribution in [1.82, 2.24) is 10.3 Å². The largest absolute Gasteiger partial charge is 0.349 e. The van der Waals surface area contributed by atoms with E-state index in [9.17, 15) is 4.79 Å². The second-order valence-electron chi connectivity index (χ2n) is 6.15. The van der Waals surface area contributed by atoms with E-state index in [0.29, 0.717) is 29.4 Å². The smallest absolute Gasteiger partial charge is 0.253 e. The molecule has 19 heavy (non-hydrogen) atoms. The maximum absolute atomic E-state index is 12.2. The third-order valence-corrected chi connectivity index (χ3v) is 4.26. The van der Waals surface area contributed by atoms with E-state index in [1.165, 1.54) is 12.8 Å². The van der Waals surface area contributed by atoms with E-state index < -0.39 is 0 Å². The Bertz CT molecular complexity index is 416. The average molecular weight is 260 g/mol. The number of carbonyl (C=O) groups excluding carboxylic acids is 1. The molecule has 0 spiro atoms. The van der Waals surface area contributed by atoms with Gasteiger partial charge in [0.25, 0.3) is 5.91 Å². The molecule has 0 aromatic carbocycles. The van der Waals surface area contributed by atoms with E-state index in [1.807, 2.05) is 6.07 Å². The standard InChI is InChI=1S/C16H24N2O/c1-11(2)14-7-6-12(3)9-15(14)18-16(19)13-5-4-8-17-10-13/h4-5,8,10-12,14-15H,6-7,9H2,1-3H3,(H,18,19)/t12-,14-,15+/m0/s1. The molecule has 0 radical (unpaired) electrons. The second-order valence-corrected chi connectivity index (χ2v) is 6.15. The van der Waals surface area contributed by atoms with Crippen molar-refractivity contribution < 1.29 is 4.79 Å². The fourth-order valence-corrected chi connectivity index (χ4v) is 3.12. The minimum Gasteiger partial charge on any atom is -0.349 e. The molecule has 1 aromatic rings. The summed E-state index contributed by atoms with van der Waals surface area (Å²) < 4.78 is 0. The van der Waals surface area contributed by atoms with Crippen molar-refractivity contribution in [2.45, 2.75) is 46.1 Å². The van der Waals surface area contributed by atoms with Crippen molar-refractivity contribution in [2.75, 3.05) is 0 Å². The van der Waals surface area contributed by atoms with Crippen molar-refractivity contribution in [3.63, 3.8) is 0 Å². The predicted molar refractivity (Wildman–Crippen MR) is 76.8 cm³/mol. The Morgan fingerprint density at radius 2 is 2.21 bits per heavy atom. The first-order valence-corrected chi connectivity index (χ1v) is 7.28. The minimum absolute atomic E-state index is 0.0119. The molecule has 1 N–H and O–H groups in total. The summed E-state index contributed by atoms with van der Waals surface area (Å²) in [5.74, 6) is 1.93. The molecule has 1 fully saturated rings. The summed E-state index contributed by atoms with van der Waals surface area (Å²) in [6, 6.07) is 3.92. The van der Waals surface area contributed by atoms with Crippen LogP contribution in [-0.2, 0) is 0 Å². The molecule has 1 saturated carbocycles. The lowest BCUT2D eigenvalue weighted by Gasteiger charge is -2.37. The van der Waals surface area contributed by atoms with Gasteiger partial charge in [-0.2, -0.15) is 0 Å². The fourth-order valence-electron chi connectivity index (χ4n) is 3.12. The summed E-state index contributed by atoms with van der Waals surface area (Å²) >= 11 is 0. The van der Waals surface area contributed by atoms with Gasteiger partial charge in [-0.3, -0.25) is 9.78 Å². The monoisotopic (exact) mass is 260 g/mol. The number of nitrogens with one attached hydrogen (secondary N) is 1. The number of carbonyl (C=O) groups is 1. The molecule has 0 unspecified atom stereocenters. The van der Waals surface area contributed by atoms with Gasteiger partial charge >= 0.3 is 0 Å². The number of rotatable bonds is 3. The molecule has 0 bridgehead atoms. The van der Waals surface area contributed by atoms with Gasteiger partial charge in [0.1, 0.15) is 0 Å². The summed E-state index contributed by atoms with van der Waals surface area (Å²) in [6.45, 7) is 6.79. The molecule has 0 saturated heterocycles. The van der Waals surface area contributed by atoms with Crippen LogP contribution in [0.1, 0.15) is 50.4 Å². The predicted octanol–water partition coefficient (Wildman–Crippen LogP) is 3.27. The van der Waals surface area contributed by atoms with E-state index in [2.05, 4.69) is 31.1 Å². The van der Waals surface area contributed by atoms with Gasteiger partial charge in [-0.05, 0) is 42.7 Å². The van der Waals surface area contributed by atoms with Gasteiger partial charge in [0.05, 0.1) is 5.56 Å². The number of pyridine rings is 1. The highest BCUT2D eigenvalue weighted by molar-refractivity contribution is 5.94. The molecule has 1 amide bonds. The molecule has 104 valence electrons. The average Bonchev–Trinajstić information content (AvgIpc) is 2.39. The Morgan fingerprint density at radius 1 is 1.42 bits per heavy atom. The van der Waals surface area contributed by atoms with Crippen LogP contribution in [0, 0.1) is 17.8 Å². The molecule has 1 aliphatic carbocycles. The first-order valence-electron chi connectivity index (χ1n) is 7.28. The zero-order valence-corrected chi connectivity index (χ0v) is 12.1. The summed E-state index contributed by atoms with van der Waals surface area (Å²) in [5, 5.41) is 3.22. The van der Waals surface area contributed by atoms with Gasteiger partial charge in [0.2, 0.25) is 0 Å². The quantitative estimate of drug-likeness (QED) is 0.906. The molecule has 0 aliphatic heterocycles. The third kappa shape index (κ3) is 3.55. The number of hydrogen-bond acceptors (Lipinski definition) is 2. The lowest BCUT2D eigenvalue weighted by molar-refractivity contribution is 0.0867. The summed E-state index contributed by atoms with van der Waals surface area (Å²) in [6.07, 6.45) is 6.91. The molecule has 3 nitrogen and oxygen atoms in total. The highest BCUT2D eigenvalue weighted by Crippen LogP contribution is 2.33. The van der Waals surface area contributed by atoms with Crippen molar-refractivity contribution in [3.8, 4) is 0 Å². The number of amides is 1. The molecule has 1 heterocycles. The van der Waals surface area contributed by atoms with Crippen molar-refractivity contribution in [2.24, 2.45) is 17.8 Å². The van der Waals surface area contributed by atoms with Gasteiger partial charge < -0.3 is 5.32 Å². The van der Waals surface area contributed by atoms with Crippen molar-refractivity contribution in [3.05, 3.63) is 30.1 Å². The van der Waals surface area contributed by atoms with Crippen LogP contribution < -0.4 is 5.32 Å². The molecular formula is C16H24N2O. The molecular weight excluding hydrogens is 236 g/mol. The maximum atomic E-state index is 12.2. The van der Waals surface area contributed by atoms with Crippen LogP contribution in [0.3, 0.4) is 0 Å². The van der Waals surface area contributed by atoms with Gasteiger partial charge in [0.15, 0.2) is 0 Å². The van der Waals surface area contributed by atoms with Crippen LogP contribution in [0.2, 0.25) is 0 Å². The molecule has 1 aromatic heterocycles. The first kappa shape index (κ1) is 14.0. The topological polar surface area (TPSA) is 42.0 Å². The van der Waals surface area contributed by atoms with Crippen LogP contribution in [0.5, 0.6) is 0 Å². The first-order chi connectivity index (χ1) is 9.08. The van der Waals surface area contributed by atoms with Gasteiger partial charge in [-0.15, -0.1) is 0 Å². The summed E-state index contributed by atoms with van der Waals surface area (Å²) in [4.78, 5) is 16.2. The summed E-state index contributed by atoms with van der Waals surface area (Å²) in [7, 11) is 0. The maximum Gasteiger partial charge on any atom is 0.253 e. The van der Waals surface area contributed by atoms with Crippen LogP contribution in [0.4, 0.5) is 0 Å². The van der Waals surface area contributed by atoms with Gasteiger partial charge in [-0.25, -0.2) is 0 Å². The molecule has 3 atom stereocenters. The van der Waals surface area contributed by atoms with Crippen LogP contribution in [0.15, 0.2) is 24.5 Å². The lowest BCUT2D eigenvalue weighted by atomic mass is 9.74. The zero-order valence-electron chi connectivity index (χ0n) is 12.1. The van der Waals surface area contributed by atoms with Gasteiger partial charge in [-0.1, -0.05) is 27.2 Å². The number of hydrogen-bond donors (Lipinski definition) is 1. The SMILES string of the molecule is CC(C)[C@@H]1CC[C@H](C)C[C@H]1NC(=O)c1cccnc1. The highest BCUT2D eigenvalue weighted by Gasteiger charge is 2.31. The van der Waals surface area contributed by atoms with Crippen molar-refractivity contribution in [1.29, 1.82) is 0 Å². The van der Waals surface area contributed by atoms with Crippen LogP contribution >= 0.6 is 0 Å². The highest BCUT2D eigenvalue weighted by atomic mass is 16.1. The Labute approximate surface area is 115 Å². The molecule has 3 heteroatoms. The van der Waals surface area contributed by atoms with E-state index in [4.69, 9.17) is 0 Å². The second kappa shape index (κ2) is 6.18. The van der Waals surface area contributed by atoms with E-state index in [0.717, 1.165) is 6.42 Å². The number of aromatic nitrogens is 1. The third-order valence-electron chi connectivity index (χ3n) is 4.26. The van der Waals surface area contributed by atoms with Gasteiger partial charge in [0, 0.05) is 18.4 Å².